The van der Waals surface area contributed by atoms with E-state index in [1.807, 2.05) is 0 Å². The first-order chi connectivity index (χ1) is 8.77. The molecule has 0 heterocycles. The average Bonchev–Trinajstić information content (AvgIpc) is 2.85. The molecule has 4 heteroatoms. The zero-order valence-corrected chi connectivity index (χ0v) is 10.4. The lowest BCUT2D eigenvalue weighted by atomic mass is 10.2. The van der Waals surface area contributed by atoms with Gasteiger partial charge in [0.25, 0.3) is 0 Å². The topological polar surface area (TPSA) is 21.3 Å². The first kappa shape index (κ1) is 13.4. The molecule has 0 spiro atoms. The van der Waals surface area contributed by atoms with Crippen LogP contribution in [0, 0.1) is 11.6 Å². The molecule has 2 nitrogen and oxygen atoms in total. The Labute approximate surface area is 106 Å². The molecule has 100 valence electrons. The third-order valence-corrected chi connectivity index (χ3v) is 3.30. The first-order valence-corrected chi connectivity index (χ1v) is 6.52. The van der Waals surface area contributed by atoms with E-state index in [2.05, 4.69) is 5.32 Å². The van der Waals surface area contributed by atoms with Gasteiger partial charge in [0.05, 0.1) is 12.7 Å². The molecule has 1 aliphatic rings. The van der Waals surface area contributed by atoms with Crippen LogP contribution in [0.15, 0.2) is 18.2 Å². The average molecular weight is 255 g/mol. The van der Waals surface area contributed by atoms with Crippen molar-refractivity contribution in [3.05, 3.63) is 35.4 Å². The van der Waals surface area contributed by atoms with E-state index in [1.54, 1.807) is 0 Å². The van der Waals surface area contributed by atoms with Crippen LogP contribution in [0.4, 0.5) is 8.78 Å². The monoisotopic (exact) mass is 255 g/mol. The molecule has 0 bridgehead atoms. The Kier molecular flexibility index (Phi) is 5.08. The van der Waals surface area contributed by atoms with Crippen molar-refractivity contribution in [3.8, 4) is 0 Å². The lowest BCUT2D eigenvalue weighted by Crippen LogP contribution is -2.22. The van der Waals surface area contributed by atoms with Crippen LogP contribution in [0.25, 0.3) is 0 Å². The molecular formula is C14H19F2NO. The van der Waals surface area contributed by atoms with E-state index >= 15 is 0 Å². The molecule has 0 radical (unpaired) electrons. The number of halogens is 2. The summed E-state index contributed by atoms with van der Waals surface area (Å²) < 4.78 is 32.2. The van der Waals surface area contributed by atoms with Crippen LogP contribution in [-0.4, -0.2) is 19.3 Å². The highest BCUT2D eigenvalue weighted by Gasteiger charge is 2.14. The van der Waals surface area contributed by atoms with Gasteiger partial charge < -0.3 is 10.1 Å². The molecular weight excluding hydrogens is 236 g/mol. The van der Waals surface area contributed by atoms with Crippen molar-refractivity contribution in [1.29, 1.82) is 0 Å². The van der Waals surface area contributed by atoms with Gasteiger partial charge in [-0.25, -0.2) is 8.78 Å². The number of hydrogen-bond donors (Lipinski definition) is 1. The van der Waals surface area contributed by atoms with Gasteiger partial charge in [-0.15, -0.1) is 0 Å². The molecule has 1 saturated carbocycles. The van der Waals surface area contributed by atoms with Crippen LogP contribution in [0.2, 0.25) is 0 Å². The maximum atomic E-state index is 13.3. The summed E-state index contributed by atoms with van der Waals surface area (Å²) in [4.78, 5) is 0. The van der Waals surface area contributed by atoms with E-state index < -0.39 is 11.6 Å². The second kappa shape index (κ2) is 6.81. The van der Waals surface area contributed by atoms with E-state index in [0.29, 0.717) is 19.3 Å². The summed E-state index contributed by atoms with van der Waals surface area (Å²) in [5.74, 6) is -1.00. The highest BCUT2D eigenvalue weighted by atomic mass is 19.1. The fourth-order valence-electron chi connectivity index (χ4n) is 2.27. The van der Waals surface area contributed by atoms with Gasteiger partial charge in [0.15, 0.2) is 0 Å². The van der Waals surface area contributed by atoms with E-state index in [4.69, 9.17) is 4.74 Å². The minimum absolute atomic E-state index is 0.0957. The van der Waals surface area contributed by atoms with Gasteiger partial charge in [-0.05, 0) is 25.0 Å². The van der Waals surface area contributed by atoms with E-state index in [9.17, 15) is 8.78 Å². The Morgan fingerprint density at radius 2 is 1.83 bits per heavy atom. The smallest absolute Gasteiger partial charge is 0.130 e. The highest BCUT2D eigenvalue weighted by molar-refractivity contribution is 5.19. The Bertz CT molecular complexity index is 358. The third-order valence-electron chi connectivity index (χ3n) is 3.30. The standard InChI is InChI=1S/C14H19F2NO/c15-13-6-3-7-14(16)12(13)10-17-8-9-18-11-4-1-2-5-11/h3,6-7,11,17H,1-2,4-5,8-10H2. The van der Waals surface area contributed by atoms with E-state index in [0.717, 1.165) is 12.8 Å². The number of rotatable bonds is 6. The number of nitrogens with one attached hydrogen (secondary N) is 1. The maximum Gasteiger partial charge on any atom is 0.130 e. The zero-order chi connectivity index (χ0) is 12.8. The normalized spacial score (nSPS) is 16.3. The number of ether oxygens (including phenoxy) is 1. The second-order valence-electron chi connectivity index (χ2n) is 4.65. The van der Waals surface area contributed by atoms with Crippen LogP contribution in [-0.2, 0) is 11.3 Å². The fourth-order valence-corrected chi connectivity index (χ4v) is 2.27. The Balaban J connectivity index is 1.65. The number of hydrogen-bond acceptors (Lipinski definition) is 2. The van der Waals surface area contributed by atoms with Crippen molar-refractivity contribution in [1.82, 2.24) is 5.32 Å². The zero-order valence-electron chi connectivity index (χ0n) is 10.4. The van der Waals surface area contributed by atoms with Gasteiger partial charge >= 0.3 is 0 Å². The van der Waals surface area contributed by atoms with Gasteiger partial charge in [-0.2, -0.15) is 0 Å². The van der Waals surface area contributed by atoms with Crippen LogP contribution < -0.4 is 5.32 Å². The molecule has 1 aromatic rings. The molecule has 18 heavy (non-hydrogen) atoms. The molecule has 0 unspecified atom stereocenters. The summed E-state index contributed by atoms with van der Waals surface area (Å²) in [6.07, 6.45) is 5.16. The summed E-state index contributed by atoms with van der Waals surface area (Å²) in [6.45, 7) is 1.41. The Hall–Kier alpha value is -1.00. The van der Waals surface area contributed by atoms with Gasteiger partial charge in [0.1, 0.15) is 11.6 Å². The molecule has 0 atom stereocenters. The largest absolute Gasteiger partial charge is 0.377 e. The molecule has 2 rings (SSSR count). The Morgan fingerprint density at radius 1 is 1.17 bits per heavy atom. The molecule has 0 amide bonds. The molecule has 1 aliphatic carbocycles. The lowest BCUT2D eigenvalue weighted by Gasteiger charge is -2.11. The quantitative estimate of drug-likeness (QED) is 0.789. The fraction of sp³-hybridized carbons (Fsp3) is 0.571. The Morgan fingerprint density at radius 3 is 2.50 bits per heavy atom. The van der Waals surface area contributed by atoms with Crippen molar-refractivity contribution < 1.29 is 13.5 Å². The summed E-state index contributed by atoms with van der Waals surface area (Å²) in [5, 5.41) is 3.00. The molecule has 0 aliphatic heterocycles. The molecule has 0 saturated heterocycles. The van der Waals surface area contributed by atoms with Gasteiger partial charge in [0, 0.05) is 18.7 Å². The minimum Gasteiger partial charge on any atom is -0.377 e. The van der Waals surface area contributed by atoms with Crippen molar-refractivity contribution in [2.24, 2.45) is 0 Å². The van der Waals surface area contributed by atoms with Crippen molar-refractivity contribution >= 4 is 0 Å². The van der Waals surface area contributed by atoms with Crippen LogP contribution in [0.5, 0.6) is 0 Å². The van der Waals surface area contributed by atoms with Gasteiger partial charge in [-0.3, -0.25) is 0 Å². The lowest BCUT2D eigenvalue weighted by molar-refractivity contribution is 0.0602. The van der Waals surface area contributed by atoms with Crippen LogP contribution in [0.1, 0.15) is 31.2 Å². The summed E-state index contributed by atoms with van der Waals surface area (Å²) in [5.41, 5.74) is 0.0957. The highest BCUT2D eigenvalue weighted by Crippen LogP contribution is 2.20. The molecule has 1 aromatic carbocycles. The first-order valence-electron chi connectivity index (χ1n) is 6.52. The summed E-state index contributed by atoms with van der Waals surface area (Å²) in [7, 11) is 0. The van der Waals surface area contributed by atoms with Crippen LogP contribution >= 0.6 is 0 Å². The maximum absolute atomic E-state index is 13.3. The summed E-state index contributed by atoms with van der Waals surface area (Å²) in [6, 6.07) is 3.92. The number of benzene rings is 1. The van der Waals surface area contributed by atoms with Gasteiger partial charge in [-0.1, -0.05) is 18.9 Å². The molecule has 1 N–H and O–H groups in total. The SMILES string of the molecule is Fc1cccc(F)c1CNCCOC1CCCC1. The van der Waals surface area contributed by atoms with E-state index in [-0.39, 0.29) is 12.1 Å². The minimum atomic E-state index is -0.501. The third kappa shape index (κ3) is 3.75. The summed E-state index contributed by atoms with van der Waals surface area (Å²) >= 11 is 0. The van der Waals surface area contributed by atoms with Crippen molar-refractivity contribution in [3.63, 3.8) is 0 Å². The van der Waals surface area contributed by atoms with Crippen LogP contribution in [0.3, 0.4) is 0 Å². The van der Waals surface area contributed by atoms with Gasteiger partial charge in [0.2, 0.25) is 0 Å². The predicted octanol–water partition coefficient (Wildman–Crippen LogP) is 3.01. The van der Waals surface area contributed by atoms with E-state index in [1.165, 1.54) is 31.0 Å². The van der Waals surface area contributed by atoms with Crippen molar-refractivity contribution in [2.45, 2.75) is 38.3 Å². The second-order valence-corrected chi connectivity index (χ2v) is 4.65. The predicted molar refractivity (Wildman–Crippen MR) is 66.3 cm³/mol. The van der Waals surface area contributed by atoms with Crippen molar-refractivity contribution in [2.75, 3.05) is 13.2 Å². The molecule has 1 fully saturated rings. The molecule has 0 aromatic heterocycles.